The zero-order valence-corrected chi connectivity index (χ0v) is 26.0. The summed E-state index contributed by atoms with van der Waals surface area (Å²) in [5, 5.41) is -0.835. The highest BCUT2D eigenvalue weighted by Gasteiger charge is 2.45. The van der Waals surface area contributed by atoms with Crippen molar-refractivity contribution in [3.05, 3.63) is 60.2 Å². The average molecular weight is 586 g/mol. The van der Waals surface area contributed by atoms with Gasteiger partial charge in [0.2, 0.25) is 0 Å². The van der Waals surface area contributed by atoms with Crippen LogP contribution in [0.2, 0.25) is 0 Å². The molecule has 3 saturated heterocycles. The molecule has 0 spiro atoms. The van der Waals surface area contributed by atoms with Gasteiger partial charge in [0, 0.05) is 37.9 Å². The van der Waals surface area contributed by atoms with Crippen LogP contribution in [0.4, 0.5) is 10.5 Å². The van der Waals surface area contributed by atoms with E-state index in [0.29, 0.717) is 18.4 Å². The highest BCUT2D eigenvalue weighted by molar-refractivity contribution is 7.92. The van der Waals surface area contributed by atoms with Gasteiger partial charge < -0.3 is 20.1 Å². The molecule has 0 aliphatic carbocycles. The Bertz CT molecular complexity index is 1260. The number of primary amides is 1. The van der Waals surface area contributed by atoms with Crippen molar-refractivity contribution in [2.24, 2.45) is 22.5 Å². The topological polar surface area (TPSA) is 102 Å². The van der Waals surface area contributed by atoms with Crippen molar-refractivity contribution in [1.29, 1.82) is 0 Å². The minimum absolute atomic E-state index is 0.0550. The van der Waals surface area contributed by atoms with Crippen molar-refractivity contribution in [1.82, 2.24) is 4.90 Å². The normalized spacial score (nSPS) is 21.7. The lowest BCUT2D eigenvalue weighted by molar-refractivity contribution is 0.142. The summed E-state index contributed by atoms with van der Waals surface area (Å²) >= 11 is 0. The summed E-state index contributed by atoms with van der Waals surface area (Å²) in [6.07, 6.45) is 0.602. The molecule has 0 saturated carbocycles. The van der Waals surface area contributed by atoms with E-state index in [4.69, 9.17) is 15.2 Å². The fraction of sp³-hybridized carbons (Fsp3) is 0.594. The van der Waals surface area contributed by atoms with Gasteiger partial charge in [0.05, 0.1) is 12.4 Å². The number of piperidine rings is 1. The summed E-state index contributed by atoms with van der Waals surface area (Å²) in [5.74, 6) is 1.27. The highest BCUT2D eigenvalue weighted by Crippen LogP contribution is 2.43. The van der Waals surface area contributed by atoms with E-state index in [1.165, 1.54) is 17.7 Å². The molecule has 1 amide bonds. The van der Waals surface area contributed by atoms with Crippen molar-refractivity contribution in [3.8, 4) is 5.75 Å². The van der Waals surface area contributed by atoms with Crippen LogP contribution in [0.15, 0.2) is 54.6 Å². The van der Waals surface area contributed by atoms with E-state index >= 15 is 0 Å². The minimum atomic E-state index is -3.52. The first-order chi connectivity index (χ1) is 19.2. The number of nitrogens with zero attached hydrogens (tertiary/aromatic N) is 2. The number of rotatable bonds is 11. The Hall–Kier alpha value is -2.78. The second-order valence-electron chi connectivity index (χ2n) is 13.5. The maximum Gasteiger partial charge on any atom is 0.404 e. The molecule has 41 heavy (non-hydrogen) atoms. The molecule has 2 aromatic rings. The summed E-state index contributed by atoms with van der Waals surface area (Å²) in [4.78, 5) is 16.2. The van der Waals surface area contributed by atoms with Crippen molar-refractivity contribution in [3.63, 3.8) is 0 Å². The van der Waals surface area contributed by atoms with Gasteiger partial charge in [-0.15, -0.1) is 0 Å². The number of sulfone groups is 1. The Morgan fingerprint density at radius 3 is 2.37 bits per heavy atom. The number of hydrogen-bond donors (Lipinski definition) is 1. The van der Waals surface area contributed by atoms with Gasteiger partial charge in [0.25, 0.3) is 0 Å². The molecule has 5 rings (SSSR count). The van der Waals surface area contributed by atoms with Crippen LogP contribution in [0.1, 0.15) is 53.0 Å². The third kappa shape index (κ3) is 8.16. The molecule has 2 aromatic carbocycles. The first-order valence-electron chi connectivity index (χ1n) is 14.6. The van der Waals surface area contributed by atoms with E-state index in [2.05, 4.69) is 66.1 Å². The number of nitrogens with two attached hydrogens (primary N) is 1. The summed E-state index contributed by atoms with van der Waals surface area (Å²) in [6, 6.07) is 19.4. The Kier molecular flexibility index (Phi) is 9.59. The minimum Gasteiger partial charge on any atom is -0.494 e. The summed E-state index contributed by atoms with van der Waals surface area (Å²) < 4.78 is 36.8. The fourth-order valence-electron chi connectivity index (χ4n) is 6.56. The predicted octanol–water partition coefficient (Wildman–Crippen LogP) is 5.12. The number of ether oxygens (including phenoxy) is 2. The van der Waals surface area contributed by atoms with Gasteiger partial charge in [0.1, 0.15) is 17.6 Å². The Labute approximate surface area is 246 Å². The van der Waals surface area contributed by atoms with Crippen molar-refractivity contribution >= 4 is 21.6 Å². The van der Waals surface area contributed by atoms with Crippen LogP contribution >= 0.6 is 0 Å². The maximum absolute atomic E-state index is 13.0. The van der Waals surface area contributed by atoms with Crippen LogP contribution in [-0.2, 0) is 21.1 Å². The fourth-order valence-corrected chi connectivity index (χ4v) is 8.71. The van der Waals surface area contributed by atoms with Crippen LogP contribution in [0, 0.1) is 16.7 Å². The molecule has 3 atom stereocenters. The molecule has 8 nitrogen and oxygen atoms in total. The van der Waals surface area contributed by atoms with Crippen LogP contribution < -0.4 is 15.4 Å². The Morgan fingerprint density at radius 1 is 1.05 bits per heavy atom. The van der Waals surface area contributed by atoms with Crippen molar-refractivity contribution in [2.45, 2.75) is 65.3 Å². The quantitative estimate of drug-likeness (QED) is 0.365. The third-order valence-corrected chi connectivity index (χ3v) is 11.1. The second kappa shape index (κ2) is 12.6. The van der Waals surface area contributed by atoms with Gasteiger partial charge in [-0.3, -0.25) is 4.90 Å². The largest absolute Gasteiger partial charge is 0.494 e. The van der Waals surface area contributed by atoms with Gasteiger partial charge in [-0.25, -0.2) is 13.2 Å². The second-order valence-corrected chi connectivity index (χ2v) is 15.8. The molecule has 3 aliphatic rings. The number of benzene rings is 2. The Morgan fingerprint density at radius 2 is 1.73 bits per heavy atom. The average Bonchev–Trinajstić information content (AvgIpc) is 3.12. The van der Waals surface area contributed by atoms with Crippen molar-refractivity contribution in [2.75, 3.05) is 43.5 Å². The van der Waals surface area contributed by atoms with E-state index in [1.54, 1.807) is 0 Å². The van der Waals surface area contributed by atoms with E-state index < -0.39 is 26.6 Å². The summed E-state index contributed by atoms with van der Waals surface area (Å²) in [7, 11) is -3.52. The van der Waals surface area contributed by atoms with Gasteiger partial charge in [-0.2, -0.15) is 0 Å². The zero-order valence-electron chi connectivity index (χ0n) is 25.2. The number of anilines is 1. The van der Waals surface area contributed by atoms with Crippen LogP contribution in [0.25, 0.3) is 0 Å². The van der Waals surface area contributed by atoms with E-state index in [1.807, 2.05) is 32.9 Å². The zero-order chi connectivity index (χ0) is 29.8. The molecule has 0 aromatic heterocycles. The highest BCUT2D eigenvalue weighted by atomic mass is 32.2. The monoisotopic (exact) mass is 585 g/mol. The number of carbonyl (C=O) groups excluding carboxylic acids is 1. The predicted molar refractivity (Wildman–Crippen MR) is 164 cm³/mol. The SMILES string of the molecule is CC(C)(C)C(COC(N)=O)S(=O)(=O)CCCOc1ccc(N2C[C@H]3CN(Cc4ccccc4)C[C@@H]2C(C)(C)C3)cc1. The number of carbonyl (C=O) groups is 1. The standard InChI is InChI=1S/C32H47N3O5S/c1-31(2,3)29(23-40-30(33)36)41(37,38)17-9-16-39-27-14-12-26(13-15-27)35-21-25-18-32(4,5)28(35)22-34(20-25)19-24-10-7-6-8-11-24/h6-8,10-15,25,28-29H,9,16-23H2,1-5H3,(H2,33,36)/t25-,28-,29?/m1/s1. The molecular formula is C32H47N3O5S. The summed E-state index contributed by atoms with van der Waals surface area (Å²) in [5.41, 5.74) is 7.24. The molecular weight excluding hydrogens is 538 g/mol. The first-order valence-corrected chi connectivity index (χ1v) is 16.4. The molecule has 2 N–H and O–H groups in total. The third-order valence-electron chi connectivity index (χ3n) is 8.53. The first kappa shape index (κ1) is 31.2. The summed E-state index contributed by atoms with van der Waals surface area (Å²) in [6.45, 7) is 14.5. The van der Waals surface area contributed by atoms with Crippen LogP contribution in [0.5, 0.6) is 5.75 Å². The van der Waals surface area contributed by atoms with E-state index in [9.17, 15) is 13.2 Å². The molecule has 9 heteroatoms. The number of hydrogen-bond acceptors (Lipinski definition) is 7. The van der Waals surface area contributed by atoms with Gasteiger partial charge in [0.15, 0.2) is 9.84 Å². The van der Waals surface area contributed by atoms with Gasteiger partial charge in [-0.05, 0) is 59.4 Å². The number of fused-ring (bicyclic) bond motifs is 4. The molecule has 1 unspecified atom stereocenters. The van der Waals surface area contributed by atoms with Crippen LogP contribution in [0.3, 0.4) is 0 Å². The Balaban J connectivity index is 1.34. The maximum atomic E-state index is 13.0. The molecule has 3 heterocycles. The lowest BCUT2D eigenvalue weighted by Crippen LogP contribution is -2.53. The lowest BCUT2D eigenvalue weighted by atomic mass is 9.73. The van der Waals surface area contributed by atoms with Crippen LogP contribution in [-0.4, -0.2) is 69.3 Å². The number of amides is 1. The smallest absolute Gasteiger partial charge is 0.404 e. The molecule has 226 valence electrons. The molecule has 2 bridgehead atoms. The molecule has 3 aliphatic heterocycles. The lowest BCUT2D eigenvalue weighted by Gasteiger charge is -2.48. The molecule has 0 radical (unpaired) electrons. The van der Waals surface area contributed by atoms with Gasteiger partial charge in [-0.1, -0.05) is 65.0 Å². The van der Waals surface area contributed by atoms with E-state index in [-0.39, 0.29) is 24.4 Å². The van der Waals surface area contributed by atoms with E-state index in [0.717, 1.165) is 31.9 Å². The molecule has 3 fully saturated rings. The van der Waals surface area contributed by atoms with Crippen molar-refractivity contribution < 1.29 is 22.7 Å². The van der Waals surface area contributed by atoms with Gasteiger partial charge >= 0.3 is 6.09 Å².